The van der Waals surface area contributed by atoms with E-state index in [2.05, 4.69) is 51.6 Å². The molecule has 2 aromatic rings. The molecule has 1 saturated carbocycles. The van der Waals surface area contributed by atoms with E-state index in [0.717, 1.165) is 62.2 Å². The number of hydrogen-bond acceptors (Lipinski definition) is 5. The highest BCUT2D eigenvalue weighted by atomic mass is 35.5. The molecular formula is C28H39ClN6S. The van der Waals surface area contributed by atoms with E-state index in [9.17, 15) is 0 Å². The van der Waals surface area contributed by atoms with Gasteiger partial charge in [-0.05, 0) is 74.4 Å². The van der Waals surface area contributed by atoms with E-state index < -0.39 is 0 Å². The Hall–Kier alpha value is -2.12. The highest BCUT2D eigenvalue weighted by Crippen LogP contribution is 2.39. The fourth-order valence-electron chi connectivity index (χ4n) is 6.16. The van der Waals surface area contributed by atoms with Crippen molar-refractivity contribution in [2.75, 3.05) is 47.8 Å². The minimum absolute atomic E-state index is 0.0439. The van der Waals surface area contributed by atoms with Crippen LogP contribution >= 0.6 is 23.8 Å². The summed E-state index contributed by atoms with van der Waals surface area (Å²) in [6.45, 7) is 7.30. The van der Waals surface area contributed by atoms with Crippen LogP contribution in [0.4, 0.5) is 17.6 Å². The Labute approximate surface area is 226 Å². The van der Waals surface area contributed by atoms with Gasteiger partial charge in [0.05, 0.1) is 0 Å². The summed E-state index contributed by atoms with van der Waals surface area (Å²) in [5.74, 6) is 3.28. The maximum Gasteiger partial charge on any atom is 0.232 e. The zero-order chi connectivity index (χ0) is 25.0. The Morgan fingerprint density at radius 1 is 1.00 bits per heavy atom. The summed E-state index contributed by atoms with van der Waals surface area (Å²) in [5.41, 5.74) is 1.35. The second-order valence-electron chi connectivity index (χ2n) is 11.0. The second-order valence-corrected chi connectivity index (χ2v) is 11.8. The molecule has 3 heterocycles. The van der Waals surface area contributed by atoms with E-state index >= 15 is 0 Å². The number of nitrogens with one attached hydrogen (secondary N) is 2. The lowest BCUT2D eigenvalue weighted by Gasteiger charge is -2.38. The molecule has 194 valence electrons. The third-order valence-corrected chi connectivity index (χ3v) is 8.65. The van der Waals surface area contributed by atoms with Crippen LogP contribution in [0.5, 0.6) is 0 Å². The van der Waals surface area contributed by atoms with Crippen molar-refractivity contribution < 1.29 is 0 Å². The SMILES string of the molecule is C[C@H]1CCCN(c2cc(N3CCCC3)nc(NC(=S)NCC3(c4cccc(Cl)c4)CCCCC3)n2)C1. The topological polar surface area (TPSA) is 56.3 Å². The van der Waals surface area contributed by atoms with Crippen LogP contribution in [0.1, 0.15) is 70.3 Å². The molecule has 1 aromatic heterocycles. The van der Waals surface area contributed by atoms with Crippen molar-refractivity contribution in [2.24, 2.45) is 5.92 Å². The fraction of sp³-hybridized carbons (Fsp3) is 0.607. The number of hydrogen-bond donors (Lipinski definition) is 2. The van der Waals surface area contributed by atoms with Crippen LogP contribution in [0.3, 0.4) is 0 Å². The molecule has 36 heavy (non-hydrogen) atoms. The molecule has 0 unspecified atom stereocenters. The normalized spacial score (nSPS) is 21.9. The highest BCUT2D eigenvalue weighted by Gasteiger charge is 2.34. The third kappa shape index (κ3) is 6.05. The number of anilines is 3. The van der Waals surface area contributed by atoms with Gasteiger partial charge in [-0.1, -0.05) is 49.9 Å². The summed E-state index contributed by atoms with van der Waals surface area (Å²) in [6, 6.07) is 10.5. The number of aromatic nitrogens is 2. The molecule has 3 fully saturated rings. The average molecular weight is 527 g/mol. The molecule has 5 rings (SSSR count). The van der Waals surface area contributed by atoms with E-state index in [1.165, 1.54) is 50.5 Å². The predicted octanol–water partition coefficient (Wildman–Crippen LogP) is 6.16. The van der Waals surface area contributed by atoms with Crippen LogP contribution in [0.2, 0.25) is 5.02 Å². The van der Waals surface area contributed by atoms with Crippen molar-refractivity contribution in [2.45, 2.75) is 70.1 Å². The first-order valence-electron chi connectivity index (χ1n) is 13.7. The van der Waals surface area contributed by atoms with Gasteiger partial charge in [-0.2, -0.15) is 9.97 Å². The van der Waals surface area contributed by atoms with E-state index in [1.54, 1.807) is 0 Å². The van der Waals surface area contributed by atoms with Crippen molar-refractivity contribution >= 4 is 46.5 Å². The van der Waals surface area contributed by atoms with Crippen molar-refractivity contribution in [3.05, 3.63) is 40.9 Å². The fourth-order valence-corrected chi connectivity index (χ4v) is 6.51. The maximum atomic E-state index is 6.37. The molecule has 0 radical (unpaired) electrons. The summed E-state index contributed by atoms with van der Waals surface area (Å²) in [7, 11) is 0. The largest absolute Gasteiger partial charge is 0.361 e. The minimum atomic E-state index is 0.0439. The zero-order valence-corrected chi connectivity index (χ0v) is 23.0. The van der Waals surface area contributed by atoms with Gasteiger partial charge in [0.1, 0.15) is 11.6 Å². The van der Waals surface area contributed by atoms with Crippen LogP contribution in [0.25, 0.3) is 0 Å². The van der Waals surface area contributed by atoms with E-state index in [4.69, 9.17) is 33.8 Å². The van der Waals surface area contributed by atoms with E-state index in [0.29, 0.717) is 17.0 Å². The lowest BCUT2D eigenvalue weighted by Crippen LogP contribution is -2.43. The van der Waals surface area contributed by atoms with Gasteiger partial charge >= 0.3 is 0 Å². The molecule has 1 aliphatic carbocycles. The maximum absolute atomic E-state index is 6.37. The lowest BCUT2D eigenvalue weighted by atomic mass is 9.69. The molecule has 2 N–H and O–H groups in total. The lowest BCUT2D eigenvalue weighted by molar-refractivity contribution is 0.292. The minimum Gasteiger partial charge on any atom is -0.361 e. The van der Waals surface area contributed by atoms with Crippen molar-refractivity contribution in [3.63, 3.8) is 0 Å². The molecule has 2 saturated heterocycles. The summed E-state index contributed by atoms with van der Waals surface area (Å²) in [5, 5.41) is 8.24. The molecule has 0 spiro atoms. The highest BCUT2D eigenvalue weighted by molar-refractivity contribution is 7.80. The molecule has 0 amide bonds. The number of rotatable bonds is 6. The Bertz CT molecular complexity index is 1050. The van der Waals surface area contributed by atoms with Crippen LogP contribution in [0, 0.1) is 5.92 Å². The van der Waals surface area contributed by atoms with Crippen molar-refractivity contribution in [1.82, 2.24) is 15.3 Å². The molecule has 1 aromatic carbocycles. The van der Waals surface area contributed by atoms with Gasteiger partial charge < -0.3 is 20.4 Å². The summed E-state index contributed by atoms with van der Waals surface area (Å²) < 4.78 is 0. The van der Waals surface area contributed by atoms with Gasteiger partial charge in [0.15, 0.2) is 5.11 Å². The Balaban J connectivity index is 1.32. The smallest absolute Gasteiger partial charge is 0.232 e. The first-order valence-corrected chi connectivity index (χ1v) is 14.5. The number of benzene rings is 1. The average Bonchev–Trinajstić information content (AvgIpc) is 3.43. The quantitative estimate of drug-likeness (QED) is 0.437. The standard InChI is InChI=1S/C28H39ClN6S/c1-21-9-8-16-35(19-21)25-18-24(34-14-5-6-15-34)31-26(32-25)33-27(36)30-20-28(12-3-2-4-13-28)22-10-7-11-23(29)17-22/h7,10-11,17-18,21H,2-6,8-9,12-16,19-20H2,1H3,(H2,30,31,32,33,36)/t21-/m0/s1. The molecule has 2 aliphatic heterocycles. The Kier molecular flexibility index (Phi) is 8.16. The van der Waals surface area contributed by atoms with Gasteiger partial charge in [0.2, 0.25) is 5.95 Å². The summed E-state index contributed by atoms with van der Waals surface area (Å²) in [6.07, 6.45) is 11.0. The van der Waals surface area contributed by atoms with Crippen molar-refractivity contribution in [1.29, 1.82) is 0 Å². The van der Waals surface area contributed by atoms with Crippen LogP contribution in [0.15, 0.2) is 30.3 Å². The molecule has 8 heteroatoms. The molecule has 6 nitrogen and oxygen atoms in total. The Morgan fingerprint density at radius 3 is 2.44 bits per heavy atom. The van der Waals surface area contributed by atoms with Crippen LogP contribution in [-0.4, -0.2) is 47.8 Å². The van der Waals surface area contributed by atoms with Crippen LogP contribution in [-0.2, 0) is 5.41 Å². The summed E-state index contributed by atoms with van der Waals surface area (Å²) in [4.78, 5) is 14.6. The van der Waals surface area contributed by atoms with Gasteiger partial charge in [-0.15, -0.1) is 0 Å². The molecular weight excluding hydrogens is 488 g/mol. The molecule has 0 bridgehead atoms. The molecule has 3 aliphatic rings. The number of nitrogens with zero attached hydrogens (tertiary/aromatic N) is 4. The number of halogens is 1. The third-order valence-electron chi connectivity index (χ3n) is 8.17. The van der Waals surface area contributed by atoms with Gasteiger partial charge in [0, 0.05) is 49.2 Å². The van der Waals surface area contributed by atoms with Gasteiger partial charge in [-0.3, -0.25) is 0 Å². The predicted molar refractivity (Wildman–Crippen MR) is 155 cm³/mol. The van der Waals surface area contributed by atoms with Gasteiger partial charge in [0.25, 0.3) is 0 Å². The first kappa shape index (κ1) is 25.5. The molecule has 1 atom stereocenters. The van der Waals surface area contributed by atoms with E-state index in [1.807, 2.05) is 6.07 Å². The summed E-state index contributed by atoms with van der Waals surface area (Å²) >= 11 is 12.1. The zero-order valence-electron chi connectivity index (χ0n) is 21.4. The van der Waals surface area contributed by atoms with Gasteiger partial charge in [-0.25, -0.2) is 0 Å². The first-order chi connectivity index (χ1) is 17.5. The number of thiocarbonyl (C=S) groups is 1. The monoisotopic (exact) mass is 526 g/mol. The Morgan fingerprint density at radius 2 is 1.72 bits per heavy atom. The second kappa shape index (κ2) is 11.5. The van der Waals surface area contributed by atoms with Crippen molar-refractivity contribution in [3.8, 4) is 0 Å². The number of piperidine rings is 1. The van der Waals surface area contributed by atoms with Crippen LogP contribution < -0.4 is 20.4 Å². The van der Waals surface area contributed by atoms with E-state index in [-0.39, 0.29) is 5.41 Å².